The SMILES string of the molecule is CC(=O)N=NC(=O)c1ccc2c(O)n(CCc3ccccc3)c(O)c2c1. The van der Waals surface area contributed by atoms with E-state index < -0.39 is 11.8 Å². The van der Waals surface area contributed by atoms with Crippen molar-refractivity contribution in [2.45, 2.75) is 19.9 Å². The van der Waals surface area contributed by atoms with Gasteiger partial charge in [-0.1, -0.05) is 30.3 Å². The molecule has 7 nitrogen and oxygen atoms in total. The van der Waals surface area contributed by atoms with E-state index in [-0.39, 0.29) is 17.3 Å². The maximum absolute atomic E-state index is 11.9. The van der Waals surface area contributed by atoms with Gasteiger partial charge in [0.2, 0.25) is 11.8 Å². The number of benzene rings is 2. The van der Waals surface area contributed by atoms with E-state index in [4.69, 9.17) is 0 Å². The number of fused-ring (bicyclic) bond motifs is 1. The van der Waals surface area contributed by atoms with Gasteiger partial charge in [-0.2, -0.15) is 0 Å². The normalized spacial score (nSPS) is 11.3. The molecular formula is C19H17N3O4. The minimum absolute atomic E-state index is 0.0715. The molecule has 3 aromatic rings. The predicted molar refractivity (Wildman–Crippen MR) is 95.3 cm³/mol. The molecule has 0 radical (unpaired) electrons. The average molecular weight is 351 g/mol. The second kappa shape index (κ2) is 7.18. The molecule has 0 saturated heterocycles. The van der Waals surface area contributed by atoms with Crippen LogP contribution in [0.1, 0.15) is 22.8 Å². The standard InChI is InChI=1S/C19H17N3O4/c1-12(23)20-21-17(24)14-7-8-15-16(11-14)19(26)22(18(15)25)10-9-13-5-3-2-4-6-13/h2-8,11,25-26H,9-10H2,1H3. The van der Waals surface area contributed by atoms with Crippen LogP contribution in [0.5, 0.6) is 11.8 Å². The smallest absolute Gasteiger partial charge is 0.295 e. The van der Waals surface area contributed by atoms with Gasteiger partial charge in [0.25, 0.3) is 11.8 Å². The lowest BCUT2D eigenvalue weighted by Gasteiger charge is -2.06. The lowest BCUT2D eigenvalue weighted by molar-refractivity contribution is -0.116. The Morgan fingerprint density at radius 2 is 1.65 bits per heavy atom. The van der Waals surface area contributed by atoms with Gasteiger partial charge in [0.15, 0.2) is 0 Å². The van der Waals surface area contributed by atoms with Gasteiger partial charge in [-0.25, -0.2) is 0 Å². The van der Waals surface area contributed by atoms with Crippen molar-refractivity contribution in [3.8, 4) is 11.8 Å². The molecule has 2 aromatic carbocycles. The van der Waals surface area contributed by atoms with Gasteiger partial charge in [0, 0.05) is 29.8 Å². The number of rotatable bonds is 4. The Morgan fingerprint density at radius 1 is 0.962 bits per heavy atom. The molecule has 1 aromatic heterocycles. The maximum atomic E-state index is 11.9. The molecule has 2 N–H and O–H groups in total. The Morgan fingerprint density at radius 3 is 2.35 bits per heavy atom. The fourth-order valence-electron chi connectivity index (χ4n) is 2.72. The first-order chi connectivity index (χ1) is 12.5. The van der Waals surface area contributed by atoms with E-state index in [0.717, 1.165) is 5.56 Å². The fraction of sp³-hybridized carbons (Fsp3) is 0.158. The number of nitrogens with zero attached hydrogens (tertiary/aromatic N) is 3. The summed E-state index contributed by atoms with van der Waals surface area (Å²) in [5, 5.41) is 28.1. The minimum Gasteiger partial charge on any atom is -0.494 e. The quantitative estimate of drug-likeness (QED) is 0.703. The van der Waals surface area contributed by atoms with E-state index in [0.29, 0.717) is 23.7 Å². The van der Waals surface area contributed by atoms with Crippen molar-refractivity contribution in [2.24, 2.45) is 10.2 Å². The van der Waals surface area contributed by atoms with E-state index in [1.807, 2.05) is 30.3 Å². The topological polar surface area (TPSA) is 104 Å². The van der Waals surface area contributed by atoms with Crippen LogP contribution in [0.4, 0.5) is 0 Å². The van der Waals surface area contributed by atoms with Crippen molar-refractivity contribution in [3.05, 3.63) is 59.7 Å². The summed E-state index contributed by atoms with van der Waals surface area (Å²) in [4.78, 5) is 22.7. The Bertz CT molecular complexity index is 1010. The number of hydrogen-bond acceptors (Lipinski definition) is 4. The minimum atomic E-state index is -0.696. The van der Waals surface area contributed by atoms with Crippen LogP contribution in [0.25, 0.3) is 10.8 Å². The molecule has 0 atom stereocenters. The summed E-state index contributed by atoms with van der Waals surface area (Å²) < 4.78 is 1.39. The van der Waals surface area contributed by atoms with Crippen LogP contribution in [0.15, 0.2) is 58.8 Å². The summed E-state index contributed by atoms with van der Waals surface area (Å²) in [6.45, 7) is 1.57. The molecule has 0 saturated carbocycles. The third kappa shape index (κ3) is 3.46. The zero-order chi connectivity index (χ0) is 18.7. The van der Waals surface area contributed by atoms with Crippen LogP contribution in [-0.2, 0) is 17.8 Å². The summed E-state index contributed by atoms with van der Waals surface area (Å²) in [5.41, 5.74) is 1.24. The van der Waals surface area contributed by atoms with Gasteiger partial charge >= 0.3 is 0 Å². The highest BCUT2D eigenvalue weighted by molar-refractivity contribution is 6.02. The van der Waals surface area contributed by atoms with Gasteiger partial charge in [-0.3, -0.25) is 14.2 Å². The van der Waals surface area contributed by atoms with Crippen LogP contribution >= 0.6 is 0 Å². The molecule has 132 valence electrons. The van der Waals surface area contributed by atoms with Crippen molar-refractivity contribution in [1.82, 2.24) is 4.57 Å². The van der Waals surface area contributed by atoms with Crippen molar-refractivity contribution in [2.75, 3.05) is 0 Å². The molecule has 2 amide bonds. The largest absolute Gasteiger partial charge is 0.494 e. The lowest BCUT2D eigenvalue weighted by atomic mass is 10.1. The molecule has 0 spiro atoms. The third-order valence-corrected chi connectivity index (χ3v) is 4.01. The molecule has 26 heavy (non-hydrogen) atoms. The molecule has 0 aliphatic heterocycles. The van der Waals surface area contributed by atoms with Crippen LogP contribution in [0.3, 0.4) is 0 Å². The first-order valence-electron chi connectivity index (χ1n) is 8.02. The highest BCUT2D eigenvalue weighted by Gasteiger charge is 2.17. The molecule has 7 heteroatoms. The van der Waals surface area contributed by atoms with Gasteiger partial charge in [-0.05, 0) is 30.2 Å². The second-order valence-corrected chi connectivity index (χ2v) is 5.82. The summed E-state index contributed by atoms with van der Waals surface area (Å²) in [6.07, 6.45) is 0.627. The molecule has 1 heterocycles. The van der Waals surface area contributed by atoms with Crippen LogP contribution in [0, 0.1) is 0 Å². The maximum Gasteiger partial charge on any atom is 0.295 e. The second-order valence-electron chi connectivity index (χ2n) is 5.82. The van der Waals surface area contributed by atoms with E-state index in [1.54, 1.807) is 0 Å². The van der Waals surface area contributed by atoms with Crippen molar-refractivity contribution >= 4 is 22.6 Å². The van der Waals surface area contributed by atoms with E-state index in [2.05, 4.69) is 10.2 Å². The summed E-state index contributed by atoms with van der Waals surface area (Å²) in [5.74, 6) is -1.48. The Balaban J connectivity index is 1.91. The summed E-state index contributed by atoms with van der Waals surface area (Å²) in [6, 6.07) is 14.1. The van der Waals surface area contributed by atoms with Gasteiger partial charge < -0.3 is 10.2 Å². The summed E-state index contributed by atoms with van der Waals surface area (Å²) >= 11 is 0. The fourth-order valence-corrected chi connectivity index (χ4v) is 2.72. The molecule has 0 fully saturated rings. The van der Waals surface area contributed by atoms with Crippen LogP contribution < -0.4 is 0 Å². The number of carbonyl (C=O) groups excluding carboxylic acids is 2. The number of hydrogen-bond donors (Lipinski definition) is 2. The Hall–Kier alpha value is -3.48. The first-order valence-corrected chi connectivity index (χ1v) is 8.02. The molecular weight excluding hydrogens is 334 g/mol. The highest BCUT2D eigenvalue weighted by atomic mass is 16.3. The van der Waals surface area contributed by atoms with Crippen LogP contribution in [-0.4, -0.2) is 26.6 Å². The number of amides is 2. The number of aryl methyl sites for hydroxylation is 1. The summed E-state index contributed by atoms with van der Waals surface area (Å²) in [7, 11) is 0. The van der Waals surface area contributed by atoms with Crippen molar-refractivity contribution in [1.29, 1.82) is 0 Å². The van der Waals surface area contributed by atoms with Crippen molar-refractivity contribution < 1.29 is 19.8 Å². The average Bonchev–Trinajstić information content (AvgIpc) is 2.89. The molecule has 0 bridgehead atoms. The van der Waals surface area contributed by atoms with Gasteiger partial charge in [0.05, 0.1) is 0 Å². The molecule has 0 unspecified atom stereocenters. The third-order valence-electron chi connectivity index (χ3n) is 4.01. The molecule has 0 aliphatic carbocycles. The first kappa shape index (κ1) is 17.3. The van der Waals surface area contributed by atoms with Gasteiger partial charge in [0.1, 0.15) is 0 Å². The van der Waals surface area contributed by atoms with Gasteiger partial charge in [-0.15, -0.1) is 10.2 Å². The highest BCUT2D eigenvalue weighted by Crippen LogP contribution is 2.37. The molecule has 3 rings (SSSR count). The molecule has 0 aliphatic rings. The lowest BCUT2D eigenvalue weighted by Crippen LogP contribution is -2.00. The van der Waals surface area contributed by atoms with E-state index in [1.165, 1.54) is 29.7 Å². The van der Waals surface area contributed by atoms with Crippen molar-refractivity contribution in [3.63, 3.8) is 0 Å². The zero-order valence-corrected chi connectivity index (χ0v) is 14.1. The van der Waals surface area contributed by atoms with Crippen LogP contribution in [0.2, 0.25) is 0 Å². The number of azo groups is 1. The Kier molecular flexibility index (Phi) is 4.79. The van der Waals surface area contributed by atoms with E-state index in [9.17, 15) is 19.8 Å². The number of carbonyl (C=O) groups is 2. The predicted octanol–water partition coefficient (Wildman–Crippen LogP) is 3.43. The Labute approximate surface area is 149 Å². The number of aromatic hydroxyl groups is 2. The monoisotopic (exact) mass is 351 g/mol. The number of aromatic nitrogens is 1. The zero-order valence-electron chi connectivity index (χ0n) is 14.1. The van der Waals surface area contributed by atoms with E-state index >= 15 is 0 Å².